The van der Waals surface area contributed by atoms with Crippen LogP contribution in [0.2, 0.25) is 0 Å². The Bertz CT molecular complexity index is 1000. The van der Waals surface area contributed by atoms with Crippen molar-refractivity contribution < 1.29 is 13.2 Å². The third kappa shape index (κ3) is 2.92. The number of hydrogen-bond donors (Lipinski definition) is 1. The van der Waals surface area contributed by atoms with Gasteiger partial charge in [0, 0.05) is 36.9 Å². The van der Waals surface area contributed by atoms with Gasteiger partial charge in [0.25, 0.3) is 15.9 Å². The number of nitrogens with one attached hydrogen (secondary N) is 1. The molecule has 0 saturated carbocycles. The Morgan fingerprint density at radius 3 is 2.75 bits per heavy atom. The maximum absolute atomic E-state index is 12.6. The molecular formula is C16H18N4O3S. The second-order valence-electron chi connectivity index (χ2n) is 5.55. The average Bonchev–Trinajstić information content (AvgIpc) is 3.13. The van der Waals surface area contributed by atoms with Gasteiger partial charge in [-0.05, 0) is 12.5 Å². The molecule has 2 aromatic heterocycles. The van der Waals surface area contributed by atoms with E-state index in [-0.39, 0.29) is 10.5 Å². The number of aromatic nitrogens is 3. The zero-order valence-corrected chi connectivity index (χ0v) is 14.2. The first kappa shape index (κ1) is 16.3. The summed E-state index contributed by atoms with van der Waals surface area (Å²) in [5.74, 6) is -0.690. The molecule has 0 aliphatic carbocycles. The van der Waals surface area contributed by atoms with E-state index in [1.165, 1.54) is 18.6 Å². The van der Waals surface area contributed by atoms with Crippen LogP contribution in [-0.4, -0.2) is 28.7 Å². The molecule has 3 rings (SSSR count). The summed E-state index contributed by atoms with van der Waals surface area (Å²) in [7, 11) is -2.21. The van der Waals surface area contributed by atoms with Gasteiger partial charge < -0.3 is 4.57 Å². The van der Waals surface area contributed by atoms with Crippen LogP contribution in [0.1, 0.15) is 23.7 Å². The third-order valence-corrected chi connectivity index (χ3v) is 5.08. The molecule has 1 N–H and O–H groups in total. The number of hydrogen-bond acceptors (Lipinski definition) is 4. The lowest BCUT2D eigenvalue weighted by atomic mass is 10.2. The fourth-order valence-corrected chi connectivity index (χ4v) is 3.82. The molecule has 126 valence electrons. The van der Waals surface area contributed by atoms with Crippen LogP contribution in [0.15, 0.2) is 47.8 Å². The first-order valence-electron chi connectivity index (χ1n) is 7.56. The molecule has 24 heavy (non-hydrogen) atoms. The van der Waals surface area contributed by atoms with E-state index in [1.807, 2.05) is 19.1 Å². The van der Waals surface area contributed by atoms with E-state index >= 15 is 0 Å². The molecule has 0 aliphatic heterocycles. The highest BCUT2D eigenvalue weighted by atomic mass is 32.2. The Hall–Kier alpha value is -2.61. The van der Waals surface area contributed by atoms with Gasteiger partial charge in [-0.3, -0.25) is 9.48 Å². The molecule has 3 aromatic rings. The van der Waals surface area contributed by atoms with Crippen LogP contribution in [0.25, 0.3) is 10.9 Å². The number of para-hydroxylation sites is 1. The van der Waals surface area contributed by atoms with Crippen molar-refractivity contribution >= 4 is 26.8 Å². The van der Waals surface area contributed by atoms with E-state index in [0.717, 1.165) is 11.9 Å². The first-order valence-corrected chi connectivity index (χ1v) is 9.04. The number of rotatable bonds is 5. The normalized spacial score (nSPS) is 11.8. The molecule has 1 aromatic carbocycles. The van der Waals surface area contributed by atoms with Crippen molar-refractivity contribution in [2.45, 2.75) is 24.8 Å². The van der Waals surface area contributed by atoms with E-state index < -0.39 is 15.9 Å². The summed E-state index contributed by atoms with van der Waals surface area (Å²) in [6.07, 6.45) is 5.28. The van der Waals surface area contributed by atoms with Crippen LogP contribution < -0.4 is 4.72 Å². The standard InChI is InChI=1S/C16H18N4O3S/c1-3-8-20-10-12(9-17-20)16(21)18-24(22,23)15-11-19(2)14-7-5-4-6-13(14)15/h4-7,9-11H,3,8H2,1-2H3,(H,18,21). The van der Waals surface area contributed by atoms with Crippen LogP contribution >= 0.6 is 0 Å². The smallest absolute Gasteiger partial charge is 0.268 e. The van der Waals surface area contributed by atoms with Crippen molar-refractivity contribution in [2.24, 2.45) is 7.05 Å². The van der Waals surface area contributed by atoms with Crippen LogP contribution in [0, 0.1) is 0 Å². The lowest BCUT2D eigenvalue weighted by Crippen LogP contribution is -2.30. The Labute approximate surface area is 139 Å². The van der Waals surface area contributed by atoms with E-state index in [9.17, 15) is 13.2 Å². The van der Waals surface area contributed by atoms with Crippen molar-refractivity contribution in [3.8, 4) is 0 Å². The maximum Gasteiger partial charge on any atom is 0.268 e. The van der Waals surface area contributed by atoms with Gasteiger partial charge in [0.1, 0.15) is 4.90 Å². The molecule has 0 bridgehead atoms. The molecule has 0 radical (unpaired) electrons. The van der Waals surface area contributed by atoms with E-state index in [2.05, 4.69) is 9.82 Å². The van der Waals surface area contributed by atoms with E-state index in [1.54, 1.807) is 28.4 Å². The lowest BCUT2D eigenvalue weighted by Gasteiger charge is -2.04. The van der Waals surface area contributed by atoms with Gasteiger partial charge in [-0.1, -0.05) is 25.1 Å². The van der Waals surface area contributed by atoms with Crippen LogP contribution in [0.3, 0.4) is 0 Å². The van der Waals surface area contributed by atoms with Gasteiger partial charge in [0.15, 0.2) is 0 Å². The summed E-state index contributed by atoms with van der Waals surface area (Å²) in [6, 6.07) is 7.13. The zero-order chi connectivity index (χ0) is 17.3. The molecule has 8 heteroatoms. The van der Waals surface area contributed by atoms with Crippen LogP contribution in [0.5, 0.6) is 0 Å². The summed E-state index contributed by atoms with van der Waals surface area (Å²) in [6.45, 7) is 2.66. The van der Waals surface area contributed by atoms with Gasteiger partial charge in [0.05, 0.1) is 11.8 Å². The minimum Gasteiger partial charge on any atom is -0.349 e. The summed E-state index contributed by atoms with van der Waals surface area (Å²) >= 11 is 0. The molecule has 0 unspecified atom stereocenters. The van der Waals surface area contributed by atoms with Crippen molar-refractivity contribution in [2.75, 3.05) is 0 Å². The number of carbonyl (C=O) groups is 1. The zero-order valence-electron chi connectivity index (χ0n) is 13.4. The molecule has 7 nitrogen and oxygen atoms in total. The number of aryl methyl sites for hydroxylation is 2. The Balaban J connectivity index is 1.91. The second kappa shape index (κ2) is 6.12. The summed E-state index contributed by atoms with van der Waals surface area (Å²) in [5.41, 5.74) is 0.994. The molecule has 1 amide bonds. The SMILES string of the molecule is CCCn1cc(C(=O)NS(=O)(=O)c2cn(C)c3ccccc23)cn1. The highest BCUT2D eigenvalue weighted by molar-refractivity contribution is 7.90. The topological polar surface area (TPSA) is 86.0 Å². The Morgan fingerprint density at radius 1 is 1.25 bits per heavy atom. The highest BCUT2D eigenvalue weighted by Crippen LogP contribution is 2.24. The summed E-state index contributed by atoms with van der Waals surface area (Å²) in [5, 5.41) is 4.61. The van der Waals surface area contributed by atoms with Gasteiger partial charge in [-0.15, -0.1) is 0 Å². The summed E-state index contributed by atoms with van der Waals surface area (Å²) in [4.78, 5) is 12.3. The molecule has 0 saturated heterocycles. The Morgan fingerprint density at radius 2 is 2.00 bits per heavy atom. The van der Waals surface area contributed by atoms with Crippen molar-refractivity contribution in [3.05, 3.63) is 48.4 Å². The van der Waals surface area contributed by atoms with Gasteiger partial charge >= 0.3 is 0 Å². The summed E-state index contributed by atoms with van der Waals surface area (Å²) < 4.78 is 30.6. The maximum atomic E-state index is 12.6. The van der Waals surface area contributed by atoms with Crippen molar-refractivity contribution in [1.29, 1.82) is 0 Å². The monoisotopic (exact) mass is 346 g/mol. The van der Waals surface area contributed by atoms with Gasteiger partial charge in [0.2, 0.25) is 0 Å². The van der Waals surface area contributed by atoms with Crippen molar-refractivity contribution in [3.63, 3.8) is 0 Å². The Kier molecular flexibility index (Phi) is 4.15. The third-order valence-electron chi connectivity index (χ3n) is 3.73. The van der Waals surface area contributed by atoms with E-state index in [4.69, 9.17) is 0 Å². The second-order valence-corrected chi connectivity index (χ2v) is 7.20. The predicted octanol–water partition coefficient (Wildman–Crippen LogP) is 1.90. The quantitative estimate of drug-likeness (QED) is 0.764. The molecular weight excluding hydrogens is 328 g/mol. The molecule has 0 aliphatic rings. The molecule has 0 atom stereocenters. The van der Waals surface area contributed by atoms with E-state index in [0.29, 0.717) is 11.9 Å². The van der Waals surface area contributed by atoms with Gasteiger partial charge in [-0.2, -0.15) is 5.10 Å². The number of carbonyl (C=O) groups excluding carboxylic acids is 1. The minimum absolute atomic E-state index is 0.0786. The minimum atomic E-state index is -3.97. The number of sulfonamides is 1. The fourth-order valence-electron chi connectivity index (χ4n) is 2.59. The number of amides is 1. The number of benzene rings is 1. The van der Waals surface area contributed by atoms with Crippen LogP contribution in [0.4, 0.5) is 0 Å². The fraction of sp³-hybridized carbons (Fsp3) is 0.250. The number of nitrogens with zero attached hydrogens (tertiary/aromatic N) is 3. The largest absolute Gasteiger partial charge is 0.349 e. The van der Waals surface area contributed by atoms with Crippen LogP contribution in [-0.2, 0) is 23.6 Å². The van der Waals surface area contributed by atoms with Crippen molar-refractivity contribution in [1.82, 2.24) is 19.1 Å². The molecule has 0 spiro atoms. The first-order chi connectivity index (χ1) is 11.4. The molecule has 2 heterocycles. The number of fused-ring (bicyclic) bond motifs is 1. The predicted molar refractivity (Wildman–Crippen MR) is 90.1 cm³/mol. The lowest BCUT2D eigenvalue weighted by molar-refractivity contribution is 0.0981. The van der Waals surface area contributed by atoms with Gasteiger partial charge in [-0.25, -0.2) is 13.1 Å². The average molecular weight is 346 g/mol. The molecule has 0 fully saturated rings. The highest BCUT2D eigenvalue weighted by Gasteiger charge is 2.23.